The molecule has 1 saturated heterocycles. The SMILES string of the molecule is COC1CN(CC=CC(=O)O)C1. The molecule has 1 heterocycles. The summed E-state index contributed by atoms with van der Waals surface area (Å²) in [6.45, 7) is 2.51. The van der Waals surface area contributed by atoms with Crippen molar-refractivity contribution in [2.45, 2.75) is 6.10 Å². The van der Waals surface area contributed by atoms with E-state index in [1.165, 1.54) is 6.08 Å². The van der Waals surface area contributed by atoms with Crippen molar-refractivity contribution in [2.24, 2.45) is 0 Å². The number of nitrogens with zero attached hydrogens (tertiary/aromatic N) is 1. The first kappa shape index (κ1) is 9.22. The smallest absolute Gasteiger partial charge is 0.328 e. The van der Waals surface area contributed by atoms with Crippen LogP contribution in [0.1, 0.15) is 0 Å². The Kier molecular flexibility index (Phi) is 3.25. The maximum absolute atomic E-state index is 10.1. The van der Waals surface area contributed by atoms with Crippen LogP contribution in [0.25, 0.3) is 0 Å². The number of hydrogen-bond acceptors (Lipinski definition) is 3. The van der Waals surface area contributed by atoms with Crippen LogP contribution in [0.2, 0.25) is 0 Å². The minimum absolute atomic E-state index is 0.336. The lowest BCUT2D eigenvalue weighted by molar-refractivity contribution is -0.131. The lowest BCUT2D eigenvalue weighted by Gasteiger charge is -2.37. The fourth-order valence-corrected chi connectivity index (χ4v) is 1.12. The quantitative estimate of drug-likeness (QED) is 0.603. The summed E-state index contributed by atoms with van der Waals surface area (Å²) in [4.78, 5) is 12.2. The standard InChI is InChI=1S/C8H13NO3/c1-12-7-5-9(6-7)4-2-3-8(10)11/h2-3,7H,4-6H2,1H3,(H,10,11). The minimum atomic E-state index is -0.890. The van der Waals surface area contributed by atoms with E-state index in [2.05, 4.69) is 4.90 Å². The van der Waals surface area contributed by atoms with Gasteiger partial charge in [0.05, 0.1) is 6.10 Å². The number of rotatable bonds is 4. The van der Waals surface area contributed by atoms with Crippen molar-refractivity contribution in [1.29, 1.82) is 0 Å². The Bertz CT molecular complexity index is 185. The number of methoxy groups -OCH3 is 1. The van der Waals surface area contributed by atoms with E-state index in [0.29, 0.717) is 12.6 Å². The monoisotopic (exact) mass is 171 g/mol. The summed E-state index contributed by atoms with van der Waals surface area (Å²) in [7, 11) is 1.69. The van der Waals surface area contributed by atoms with Crippen LogP contribution in [0.3, 0.4) is 0 Å². The zero-order chi connectivity index (χ0) is 8.97. The van der Waals surface area contributed by atoms with Crippen molar-refractivity contribution in [3.8, 4) is 0 Å². The molecule has 4 heteroatoms. The molecule has 68 valence electrons. The van der Waals surface area contributed by atoms with Crippen molar-refractivity contribution < 1.29 is 14.6 Å². The first-order valence-corrected chi connectivity index (χ1v) is 3.87. The van der Waals surface area contributed by atoms with E-state index in [9.17, 15) is 4.79 Å². The zero-order valence-electron chi connectivity index (χ0n) is 7.06. The molecule has 1 aliphatic heterocycles. The van der Waals surface area contributed by atoms with Gasteiger partial charge in [0.2, 0.25) is 0 Å². The third kappa shape index (κ3) is 2.64. The molecule has 0 aliphatic carbocycles. The van der Waals surface area contributed by atoms with Gasteiger partial charge in [-0.05, 0) is 0 Å². The Labute approximate surface area is 71.4 Å². The Hall–Kier alpha value is -0.870. The maximum atomic E-state index is 10.1. The third-order valence-electron chi connectivity index (χ3n) is 1.88. The summed E-state index contributed by atoms with van der Waals surface area (Å²) in [5, 5.41) is 8.29. The lowest BCUT2D eigenvalue weighted by atomic mass is 10.2. The highest BCUT2D eigenvalue weighted by Crippen LogP contribution is 2.09. The van der Waals surface area contributed by atoms with E-state index in [4.69, 9.17) is 9.84 Å². The summed E-state index contributed by atoms with van der Waals surface area (Å²) in [5.41, 5.74) is 0. The van der Waals surface area contributed by atoms with Crippen LogP contribution in [0.4, 0.5) is 0 Å². The van der Waals surface area contributed by atoms with Gasteiger partial charge in [0.25, 0.3) is 0 Å². The molecule has 0 spiro atoms. The molecule has 0 saturated carbocycles. The number of hydrogen-bond donors (Lipinski definition) is 1. The Morgan fingerprint density at radius 2 is 2.42 bits per heavy atom. The molecule has 1 N–H and O–H groups in total. The van der Waals surface area contributed by atoms with E-state index in [1.54, 1.807) is 13.2 Å². The average Bonchev–Trinajstić information content (AvgIpc) is 1.93. The van der Waals surface area contributed by atoms with Crippen molar-refractivity contribution in [3.63, 3.8) is 0 Å². The lowest BCUT2D eigenvalue weighted by Crippen LogP contribution is -2.51. The highest BCUT2D eigenvalue weighted by Gasteiger charge is 2.24. The van der Waals surface area contributed by atoms with E-state index >= 15 is 0 Å². The number of carboxylic acid groups (broad SMARTS) is 1. The molecule has 12 heavy (non-hydrogen) atoms. The van der Waals surface area contributed by atoms with Crippen LogP contribution in [0.15, 0.2) is 12.2 Å². The van der Waals surface area contributed by atoms with Gasteiger partial charge in [-0.15, -0.1) is 0 Å². The van der Waals surface area contributed by atoms with Gasteiger partial charge in [0, 0.05) is 32.8 Å². The summed E-state index contributed by atoms with van der Waals surface area (Å²) in [6.07, 6.45) is 3.15. The third-order valence-corrected chi connectivity index (χ3v) is 1.88. The molecule has 1 fully saturated rings. The molecular weight excluding hydrogens is 158 g/mol. The highest BCUT2D eigenvalue weighted by atomic mass is 16.5. The van der Waals surface area contributed by atoms with Crippen LogP contribution in [-0.2, 0) is 9.53 Å². The minimum Gasteiger partial charge on any atom is -0.478 e. The van der Waals surface area contributed by atoms with Gasteiger partial charge in [-0.2, -0.15) is 0 Å². The first-order chi connectivity index (χ1) is 5.72. The largest absolute Gasteiger partial charge is 0.478 e. The predicted octanol–water partition coefficient (Wildman–Crippen LogP) is -0.0422. The molecule has 1 rings (SSSR count). The number of aliphatic carboxylic acids is 1. The second-order valence-electron chi connectivity index (χ2n) is 2.82. The Balaban J connectivity index is 2.07. The molecule has 0 radical (unpaired) electrons. The molecule has 0 unspecified atom stereocenters. The molecule has 0 aromatic heterocycles. The second kappa shape index (κ2) is 4.23. The van der Waals surface area contributed by atoms with Crippen LogP contribution < -0.4 is 0 Å². The molecule has 0 aromatic carbocycles. The Morgan fingerprint density at radius 1 is 1.75 bits per heavy atom. The van der Waals surface area contributed by atoms with Gasteiger partial charge >= 0.3 is 5.97 Å². The van der Waals surface area contributed by atoms with Gasteiger partial charge in [0.1, 0.15) is 0 Å². The van der Waals surface area contributed by atoms with Crippen molar-refractivity contribution in [3.05, 3.63) is 12.2 Å². The van der Waals surface area contributed by atoms with Crippen LogP contribution in [0.5, 0.6) is 0 Å². The fraction of sp³-hybridized carbons (Fsp3) is 0.625. The summed E-state index contributed by atoms with van der Waals surface area (Å²) in [5.74, 6) is -0.890. The predicted molar refractivity (Wildman–Crippen MR) is 44.0 cm³/mol. The summed E-state index contributed by atoms with van der Waals surface area (Å²) >= 11 is 0. The van der Waals surface area contributed by atoms with Gasteiger partial charge in [0.15, 0.2) is 0 Å². The van der Waals surface area contributed by atoms with Crippen molar-refractivity contribution in [1.82, 2.24) is 4.90 Å². The molecule has 4 nitrogen and oxygen atoms in total. The van der Waals surface area contributed by atoms with E-state index in [0.717, 1.165) is 13.1 Å². The zero-order valence-corrected chi connectivity index (χ0v) is 7.06. The van der Waals surface area contributed by atoms with Crippen molar-refractivity contribution >= 4 is 5.97 Å². The maximum Gasteiger partial charge on any atom is 0.328 e. The topological polar surface area (TPSA) is 49.8 Å². The van der Waals surface area contributed by atoms with Gasteiger partial charge in [-0.1, -0.05) is 6.08 Å². The fourth-order valence-electron chi connectivity index (χ4n) is 1.12. The molecule has 0 aromatic rings. The van der Waals surface area contributed by atoms with E-state index < -0.39 is 5.97 Å². The number of carbonyl (C=O) groups is 1. The number of carboxylic acids is 1. The van der Waals surface area contributed by atoms with Gasteiger partial charge in [-0.3, -0.25) is 4.90 Å². The van der Waals surface area contributed by atoms with Gasteiger partial charge < -0.3 is 9.84 Å². The molecule has 1 aliphatic rings. The molecule has 0 bridgehead atoms. The van der Waals surface area contributed by atoms with Crippen LogP contribution in [-0.4, -0.2) is 48.8 Å². The van der Waals surface area contributed by atoms with Crippen LogP contribution >= 0.6 is 0 Å². The van der Waals surface area contributed by atoms with Crippen LogP contribution in [0, 0.1) is 0 Å². The number of ether oxygens (including phenoxy) is 1. The summed E-state index contributed by atoms with van der Waals surface area (Å²) in [6, 6.07) is 0. The molecule has 0 atom stereocenters. The van der Waals surface area contributed by atoms with Gasteiger partial charge in [-0.25, -0.2) is 4.79 Å². The number of likely N-dealkylation sites (tertiary alicyclic amines) is 1. The van der Waals surface area contributed by atoms with E-state index in [1.807, 2.05) is 0 Å². The normalized spacial score (nSPS) is 19.8. The second-order valence-corrected chi connectivity index (χ2v) is 2.82. The molecule has 0 amide bonds. The van der Waals surface area contributed by atoms with E-state index in [-0.39, 0.29) is 0 Å². The van der Waals surface area contributed by atoms with Crippen molar-refractivity contribution in [2.75, 3.05) is 26.7 Å². The molecular formula is C8H13NO3. The Morgan fingerprint density at radius 3 is 2.92 bits per heavy atom. The highest BCUT2D eigenvalue weighted by molar-refractivity contribution is 5.79. The average molecular weight is 171 g/mol. The first-order valence-electron chi connectivity index (χ1n) is 3.87. The summed E-state index contributed by atoms with van der Waals surface area (Å²) < 4.78 is 5.06.